The Morgan fingerprint density at radius 1 is 0.708 bits per heavy atom. The number of hydrogen-bond acceptors (Lipinski definition) is 4. The molecule has 3 heterocycles. The second-order valence-corrected chi connectivity index (χ2v) is 12.7. The first-order valence-corrected chi connectivity index (χ1v) is 16.3. The summed E-state index contributed by atoms with van der Waals surface area (Å²) < 4.78 is 8.68. The van der Waals surface area contributed by atoms with Gasteiger partial charge in [-0.1, -0.05) is 79.6 Å². The van der Waals surface area contributed by atoms with E-state index < -0.39 is 0 Å². The summed E-state index contributed by atoms with van der Waals surface area (Å²) in [7, 11) is 0. The molecule has 5 aromatic carbocycles. The van der Waals surface area contributed by atoms with Gasteiger partial charge in [-0.2, -0.15) is 12.1 Å². The Balaban J connectivity index is 0.00000364. The molecule has 0 fully saturated rings. The molecule has 6 heteroatoms. The van der Waals surface area contributed by atoms with Gasteiger partial charge >= 0.3 is 21.1 Å². The summed E-state index contributed by atoms with van der Waals surface area (Å²) >= 11 is 0. The molecule has 0 N–H and O–H groups in total. The third-order valence-electron chi connectivity index (χ3n) is 9.09. The van der Waals surface area contributed by atoms with Gasteiger partial charge in [0.05, 0.1) is 18.0 Å². The van der Waals surface area contributed by atoms with Gasteiger partial charge in [-0.15, -0.1) is 35.7 Å². The number of fused-ring (bicyclic) bond motifs is 4. The molecule has 1 aliphatic heterocycles. The molecule has 0 saturated heterocycles. The molecule has 240 valence electrons. The maximum Gasteiger partial charge on any atom is 2.00 e. The minimum atomic E-state index is 0. The Labute approximate surface area is 296 Å². The summed E-state index contributed by atoms with van der Waals surface area (Å²) in [4.78, 5) is 9.57. The van der Waals surface area contributed by atoms with E-state index in [1.807, 2.05) is 24.4 Å². The van der Waals surface area contributed by atoms with Crippen molar-refractivity contribution in [3.8, 4) is 28.4 Å². The zero-order valence-electron chi connectivity index (χ0n) is 27.4. The smallest absolute Gasteiger partial charge is 0.509 e. The van der Waals surface area contributed by atoms with Crippen molar-refractivity contribution in [2.45, 2.75) is 39.7 Å². The van der Waals surface area contributed by atoms with Crippen LogP contribution >= 0.6 is 0 Å². The molecule has 0 spiro atoms. The minimum Gasteiger partial charge on any atom is -0.509 e. The van der Waals surface area contributed by atoms with Crippen molar-refractivity contribution < 1.29 is 25.8 Å². The zero-order chi connectivity index (χ0) is 32.1. The van der Waals surface area contributed by atoms with Gasteiger partial charge < -0.3 is 19.1 Å². The Morgan fingerprint density at radius 3 is 2.29 bits per heavy atom. The number of rotatable bonds is 7. The first kappa shape index (κ1) is 31.7. The number of benzene rings is 5. The Kier molecular flexibility index (Phi) is 8.57. The molecule has 2 aromatic heterocycles. The zero-order valence-corrected chi connectivity index (χ0v) is 29.7. The van der Waals surface area contributed by atoms with E-state index in [-0.39, 0.29) is 21.1 Å². The Hall–Kier alpha value is -4.86. The summed E-state index contributed by atoms with van der Waals surface area (Å²) in [6.07, 6.45) is 1.90. The van der Waals surface area contributed by atoms with Crippen LogP contribution in [0.2, 0.25) is 0 Å². The quantitative estimate of drug-likeness (QED) is 0.150. The van der Waals surface area contributed by atoms with Gasteiger partial charge in [0.1, 0.15) is 5.82 Å². The topological polar surface area (TPSA) is 33.5 Å². The molecular weight excluding hydrogens is 772 g/mol. The third kappa shape index (κ3) is 5.56. The molecule has 0 bridgehead atoms. The average Bonchev–Trinajstić information content (AvgIpc) is 3.65. The van der Waals surface area contributed by atoms with E-state index in [0.717, 1.165) is 45.5 Å². The number of anilines is 3. The second-order valence-electron chi connectivity index (χ2n) is 12.7. The third-order valence-corrected chi connectivity index (χ3v) is 9.09. The molecule has 48 heavy (non-hydrogen) atoms. The SMILES string of the molecule is CC(C)c1ccccc1-c1ccnc(-n2c3[c-]c(Oc4[c-]c(N5CN(C(C)C)c6ccccc65)ccc4)ccc3c3ccccc32)c1.[Pt+2]. The summed E-state index contributed by atoms with van der Waals surface area (Å²) in [5.41, 5.74) is 9.07. The van der Waals surface area contributed by atoms with Crippen LogP contribution in [0.3, 0.4) is 0 Å². The van der Waals surface area contributed by atoms with Crippen LogP contribution in [0.5, 0.6) is 11.5 Å². The van der Waals surface area contributed by atoms with Crippen LogP contribution in [0.15, 0.2) is 121 Å². The first-order valence-electron chi connectivity index (χ1n) is 16.3. The molecular formula is C42H36N4OPt. The molecule has 7 aromatic rings. The van der Waals surface area contributed by atoms with Gasteiger partial charge in [0.25, 0.3) is 0 Å². The van der Waals surface area contributed by atoms with Crippen LogP contribution in [0.1, 0.15) is 39.2 Å². The van der Waals surface area contributed by atoms with Gasteiger partial charge in [0, 0.05) is 29.3 Å². The van der Waals surface area contributed by atoms with Gasteiger partial charge in [-0.3, -0.25) is 0 Å². The normalized spacial score (nSPS) is 12.6. The van der Waals surface area contributed by atoms with Crippen molar-refractivity contribution in [3.63, 3.8) is 0 Å². The summed E-state index contributed by atoms with van der Waals surface area (Å²) in [6.45, 7) is 9.70. The van der Waals surface area contributed by atoms with E-state index >= 15 is 0 Å². The van der Waals surface area contributed by atoms with Crippen LogP contribution in [-0.2, 0) is 21.1 Å². The summed E-state index contributed by atoms with van der Waals surface area (Å²) in [5.74, 6) is 2.53. The fraction of sp³-hybridized carbons (Fsp3) is 0.167. The van der Waals surface area contributed by atoms with Crippen molar-refractivity contribution in [1.82, 2.24) is 9.55 Å². The molecule has 0 radical (unpaired) electrons. The summed E-state index contributed by atoms with van der Waals surface area (Å²) in [6, 6.07) is 47.6. The van der Waals surface area contributed by atoms with E-state index in [1.165, 1.54) is 22.5 Å². The predicted octanol–water partition coefficient (Wildman–Crippen LogP) is 10.7. The van der Waals surface area contributed by atoms with Crippen molar-refractivity contribution in [2.24, 2.45) is 0 Å². The fourth-order valence-electron chi connectivity index (χ4n) is 6.80. The Bertz CT molecular complexity index is 2260. The van der Waals surface area contributed by atoms with Crippen LogP contribution in [0, 0.1) is 12.1 Å². The second kappa shape index (κ2) is 13.0. The number of pyridine rings is 1. The van der Waals surface area contributed by atoms with E-state index in [9.17, 15) is 0 Å². The standard InChI is InChI=1S/C42H36N4O.Pt/c1-28(2)34-14-5-6-15-35(34)30-22-23-43-42(24-30)46-38-17-8-7-16-36(38)37-21-20-33(26-41(37)46)47-32-13-11-12-31(25-32)45-27-44(29(3)4)39-18-9-10-19-40(39)45;/h5-24,28-29H,27H2,1-4H3;/q-2;+2. The molecule has 0 unspecified atom stereocenters. The van der Waals surface area contributed by atoms with E-state index in [4.69, 9.17) is 9.72 Å². The molecule has 0 amide bonds. The summed E-state index contributed by atoms with van der Waals surface area (Å²) in [5, 5.41) is 2.25. The van der Waals surface area contributed by atoms with Gasteiger partial charge in [0.2, 0.25) is 0 Å². The molecule has 5 nitrogen and oxygen atoms in total. The van der Waals surface area contributed by atoms with E-state index in [1.54, 1.807) is 0 Å². The van der Waals surface area contributed by atoms with Crippen molar-refractivity contribution >= 4 is 38.9 Å². The molecule has 0 aliphatic carbocycles. The monoisotopic (exact) mass is 807 g/mol. The van der Waals surface area contributed by atoms with Crippen molar-refractivity contribution in [1.29, 1.82) is 0 Å². The van der Waals surface area contributed by atoms with Crippen LogP contribution in [0.4, 0.5) is 17.1 Å². The van der Waals surface area contributed by atoms with Gasteiger partial charge in [-0.25, -0.2) is 4.98 Å². The fourth-order valence-corrected chi connectivity index (χ4v) is 6.80. The van der Waals surface area contributed by atoms with Crippen LogP contribution in [-0.4, -0.2) is 22.3 Å². The average molecular weight is 808 g/mol. The number of hydrogen-bond donors (Lipinski definition) is 0. The number of aromatic nitrogens is 2. The van der Waals surface area contributed by atoms with Crippen LogP contribution in [0.25, 0.3) is 38.8 Å². The number of nitrogens with zero attached hydrogens (tertiary/aromatic N) is 4. The predicted molar refractivity (Wildman–Crippen MR) is 193 cm³/mol. The molecule has 0 saturated carbocycles. The van der Waals surface area contributed by atoms with Crippen molar-refractivity contribution in [3.05, 3.63) is 139 Å². The largest absolute Gasteiger partial charge is 2.00 e. The van der Waals surface area contributed by atoms with Crippen molar-refractivity contribution in [2.75, 3.05) is 16.5 Å². The maximum absolute atomic E-state index is 6.49. The molecule has 0 atom stereocenters. The van der Waals surface area contributed by atoms with Gasteiger partial charge in [0.15, 0.2) is 0 Å². The minimum absolute atomic E-state index is 0. The van der Waals surface area contributed by atoms with E-state index in [2.05, 4.69) is 151 Å². The molecule has 1 aliphatic rings. The number of ether oxygens (including phenoxy) is 1. The maximum atomic E-state index is 6.49. The Morgan fingerprint density at radius 2 is 1.46 bits per heavy atom. The first-order chi connectivity index (χ1) is 23.0. The van der Waals surface area contributed by atoms with Crippen LogP contribution < -0.4 is 14.5 Å². The van der Waals surface area contributed by atoms with Gasteiger partial charge in [-0.05, 0) is 72.2 Å². The van der Waals surface area contributed by atoms with E-state index in [0.29, 0.717) is 23.5 Å². The number of para-hydroxylation sites is 3. The molecule has 8 rings (SSSR count).